The number of carbonyl (C=O) groups is 2. The van der Waals surface area contributed by atoms with Crippen molar-refractivity contribution in [3.8, 4) is 0 Å². The molecule has 10 nitrogen and oxygen atoms in total. The Morgan fingerprint density at radius 3 is 1.98 bits per heavy atom. The largest absolute Gasteiger partial charge is 2.00 e. The minimum absolute atomic E-state index is 0. The third kappa shape index (κ3) is 6.27. The van der Waals surface area contributed by atoms with Gasteiger partial charge in [-0.2, -0.15) is 0 Å². The number of carboxylic acids is 2. The molecule has 0 fully saturated rings. The quantitative estimate of drug-likeness (QED) is 0.303. The number of nitrogens with one attached hydrogen (secondary N) is 1. The van der Waals surface area contributed by atoms with Gasteiger partial charge in [-0.1, -0.05) is 6.92 Å². The fourth-order valence-corrected chi connectivity index (χ4v) is 5.93. The second-order valence-corrected chi connectivity index (χ2v) is 11.2. The molecule has 0 amide bonds. The molecule has 45 heavy (non-hydrogen) atoms. The van der Waals surface area contributed by atoms with Gasteiger partial charge >= 0.3 is 29.0 Å². The molecule has 0 spiro atoms. The van der Waals surface area contributed by atoms with Crippen molar-refractivity contribution in [3.05, 3.63) is 96.8 Å². The zero-order valence-corrected chi connectivity index (χ0v) is 26.7. The van der Waals surface area contributed by atoms with E-state index in [9.17, 15) is 30.0 Å². The van der Waals surface area contributed by atoms with Gasteiger partial charge in [-0.3, -0.25) is 9.59 Å². The molecule has 5 rings (SSSR count). The Kier molecular flexibility index (Phi) is 9.37. The summed E-state index contributed by atoms with van der Waals surface area (Å²) in [6, 6.07) is 0. The number of aromatic amines is 1. The van der Waals surface area contributed by atoms with Crippen LogP contribution in [0.15, 0.2) is 90.0 Å². The summed E-state index contributed by atoms with van der Waals surface area (Å²) in [5, 5.41) is 45.5. The molecular weight excluding hydrogens is 616 g/mol. The van der Waals surface area contributed by atoms with Crippen molar-refractivity contribution < 1.29 is 47.1 Å². The maximum absolute atomic E-state index is 12.8. The molecule has 232 valence electrons. The number of aliphatic carboxylic acids is 2. The van der Waals surface area contributed by atoms with E-state index in [2.05, 4.69) is 11.6 Å². The van der Waals surface area contributed by atoms with Gasteiger partial charge in [0.15, 0.2) is 0 Å². The number of fused-ring (bicyclic) bond motifs is 5. The summed E-state index contributed by atoms with van der Waals surface area (Å²) >= 11 is 0. The van der Waals surface area contributed by atoms with Gasteiger partial charge in [0.05, 0.1) is 34.2 Å². The van der Waals surface area contributed by atoms with Crippen LogP contribution in [0.5, 0.6) is 0 Å². The van der Waals surface area contributed by atoms with E-state index in [0.717, 1.165) is 22.3 Å². The number of hydrogen-bond donors (Lipinski definition) is 3. The van der Waals surface area contributed by atoms with Crippen molar-refractivity contribution in [2.75, 3.05) is 0 Å². The van der Waals surface area contributed by atoms with E-state index < -0.39 is 11.9 Å². The van der Waals surface area contributed by atoms with Crippen LogP contribution in [0.3, 0.4) is 0 Å². The Balaban J connectivity index is 0.00000461. The van der Waals surface area contributed by atoms with Crippen LogP contribution in [0.2, 0.25) is 0 Å². The van der Waals surface area contributed by atoms with E-state index in [1.807, 2.05) is 19.9 Å². The monoisotopic (exact) mass is 648 g/mol. The van der Waals surface area contributed by atoms with Crippen LogP contribution in [0, 0.1) is 6.92 Å². The normalized spacial score (nSPS) is 18.4. The molecule has 4 aliphatic heterocycles. The van der Waals surface area contributed by atoms with Crippen LogP contribution in [0.1, 0.15) is 64.5 Å². The predicted molar refractivity (Wildman–Crippen MR) is 166 cm³/mol. The van der Waals surface area contributed by atoms with Crippen LogP contribution in [0.25, 0.3) is 17.9 Å². The Morgan fingerprint density at radius 1 is 0.778 bits per heavy atom. The van der Waals surface area contributed by atoms with Gasteiger partial charge in [0, 0.05) is 23.5 Å². The minimum Gasteiger partial charge on any atom is -0.875 e. The van der Waals surface area contributed by atoms with Gasteiger partial charge in [-0.25, -0.2) is 15.0 Å². The number of H-pyrrole nitrogens is 1. The maximum Gasteiger partial charge on any atom is 2.00 e. The average molecular weight is 648 g/mol. The Bertz CT molecular complexity index is 1990. The predicted octanol–water partition coefficient (Wildman–Crippen LogP) is 2.63. The summed E-state index contributed by atoms with van der Waals surface area (Å²) in [5.41, 5.74) is 8.21. The molecule has 0 unspecified atom stereocenters. The summed E-state index contributed by atoms with van der Waals surface area (Å²) in [6.45, 7) is 12.4. The first-order chi connectivity index (χ1) is 20.8. The Morgan fingerprint density at radius 2 is 1.38 bits per heavy atom. The van der Waals surface area contributed by atoms with Gasteiger partial charge in [-0.05, 0) is 109 Å². The van der Waals surface area contributed by atoms with Gasteiger partial charge in [0.1, 0.15) is 0 Å². The fraction of sp³-hybridized carbons (Fsp3) is 0.265. The molecule has 1 aromatic rings. The van der Waals surface area contributed by atoms with Crippen molar-refractivity contribution in [2.24, 2.45) is 15.0 Å². The van der Waals surface area contributed by atoms with Crippen LogP contribution < -0.4 is 20.9 Å². The van der Waals surface area contributed by atoms with Gasteiger partial charge in [0.25, 0.3) is 0 Å². The molecule has 3 N–H and O–H groups in total. The van der Waals surface area contributed by atoms with Crippen molar-refractivity contribution in [1.29, 1.82) is 0 Å². The molecule has 0 saturated heterocycles. The van der Waals surface area contributed by atoms with Crippen LogP contribution in [-0.2, 0) is 26.7 Å². The SMILES string of the molecule is C=C([O-])c1c(C)c2[nH]c1=CC1=C(C)/C(=C(\C)[O-])C(=N1)C=C1N=C(C=C3N=C(C=2)C(C)=C3CCC(=O)O)C(CCC(=O)O)=C1C.[Fe+2]. The third-order valence-corrected chi connectivity index (χ3v) is 8.27. The molecular formula is C34H32FeN4O6. The fourth-order valence-electron chi connectivity index (χ4n) is 5.93. The summed E-state index contributed by atoms with van der Waals surface area (Å²) in [4.78, 5) is 40.9. The molecule has 8 bridgehead atoms. The van der Waals surface area contributed by atoms with E-state index in [-0.39, 0.29) is 54.3 Å². The van der Waals surface area contributed by atoms with Crippen molar-refractivity contribution in [1.82, 2.24) is 4.98 Å². The summed E-state index contributed by atoms with van der Waals surface area (Å²) in [6.07, 6.45) is 7.25. The second-order valence-electron chi connectivity index (χ2n) is 11.2. The van der Waals surface area contributed by atoms with Gasteiger partial charge < -0.3 is 25.4 Å². The van der Waals surface area contributed by atoms with Crippen LogP contribution in [-0.4, -0.2) is 44.3 Å². The van der Waals surface area contributed by atoms with E-state index in [1.54, 1.807) is 32.1 Å². The molecule has 0 saturated carbocycles. The average Bonchev–Trinajstić information content (AvgIpc) is 3.59. The minimum atomic E-state index is -0.949. The molecule has 11 heteroatoms. The van der Waals surface area contributed by atoms with Crippen molar-refractivity contribution in [2.45, 2.75) is 60.3 Å². The maximum atomic E-state index is 12.8. The topological polar surface area (TPSA) is 174 Å². The molecule has 5 heterocycles. The van der Waals surface area contributed by atoms with Crippen molar-refractivity contribution in [3.63, 3.8) is 0 Å². The summed E-state index contributed by atoms with van der Waals surface area (Å²) in [7, 11) is 0. The first-order valence-electron chi connectivity index (χ1n) is 14.2. The number of aromatic nitrogens is 1. The van der Waals surface area contributed by atoms with Crippen LogP contribution in [0.4, 0.5) is 0 Å². The number of rotatable bonds is 7. The first-order valence-corrected chi connectivity index (χ1v) is 14.2. The molecule has 0 atom stereocenters. The number of allylic oxidation sites excluding steroid dienone is 10. The number of carboxylic acid groups (broad SMARTS) is 2. The Hall–Kier alpha value is -4.73. The molecule has 1 aromatic heterocycles. The molecule has 0 aliphatic carbocycles. The Labute approximate surface area is 270 Å². The van der Waals surface area contributed by atoms with E-state index in [1.165, 1.54) is 6.92 Å². The standard InChI is InChI=1S/C34H34N4O6.Fe/c1-15-21(7-9-31(41)42)27-14-28-22(8-10-32(43)44)16(2)24(36-28)12-29-34(20(6)40)18(4)26(38-29)13-30-33(19(5)39)17(3)25(37-30)11-23(15)35-27;/h11-14,37,39-40H,5,7-10H2,1-4,6H3,(H,41,42)(H,43,44);/q;+2/p-2/b24-12?,25-11?,27-14?,30-13?,34-20-;. The smallest absolute Gasteiger partial charge is 0.875 e. The first kappa shape index (κ1) is 33.2. The summed E-state index contributed by atoms with van der Waals surface area (Å²) < 4.78 is 0. The molecule has 4 aliphatic rings. The zero-order chi connectivity index (χ0) is 32.0. The third-order valence-electron chi connectivity index (χ3n) is 8.27. The zero-order valence-electron chi connectivity index (χ0n) is 25.6. The summed E-state index contributed by atoms with van der Waals surface area (Å²) in [5.74, 6) is -2.46. The van der Waals surface area contributed by atoms with E-state index in [4.69, 9.17) is 15.0 Å². The van der Waals surface area contributed by atoms with E-state index in [0.29, 0.717) is 67.2 Å². The molecule has 0 radical (unpaired) electrons. The van der Waals surface area contributed by atoms with Gasteiger partial charge in [-0.15, -0.1) is 18.1 Å². The number of aliphatic imine (C=N–C) groups is 3. The molecule has 0 aromatic carbocycles. The van der Waals surface area contributed by atoms with Gasteiger partial charge in [0.2, 0.25) is 0 Å². The number of nitrogens with zero attached hydrogens (tertiary/aromatic N) is 3. The second kappa shape index (κ2) is 12.7. The van der Waals surface area contributed by atoms with Crippen LogP contribution >= 0.6 is 0 Å². The number of hydrogen-bond acceptors (Lipinski definition) is 7. The van der Waals surface area contributed by atoms with Crippen molar-refractivity contribution >= 4 is 47.0 Å². The van der Waals surface area contributed by atoms with E-state index >= 15 is 0 Å².